The van der Waals surface area contributed by atoms with E-state index in [0.29, 0.717) is 0 Å². The van der Waals surface area contributed by atoms with E-state index in [4.69, 9.17) is 4.12 Å². The van der Waals surface area contributed by atoms with Crippen LogP contribution in [0.5, 0.6) is 0 Å². The van der Waals surface area contributed by atoms with Gasteiger partial charge in [-0.15, -0.1) is 0 Å². The second kappa shape index (κ2) is 11.1. The molecule has 0 amide bonds. The summed E-state index contributed by atoms with van der Waals surface area (Å²) >= 11 is 0. The van der Waals surface area contributed by atoms with Crippen LogP contribution in [0.3, 0.4) is 0 Å². The van der Waals surface area contributed by atoms with Crippen molar-refractivity contribution in [3.05, 3.63) is 0 Å². The maximum Gasteiger partial charge on any atom is 0.229 e. The van der Waals surface area contributed by atoms with Gasteiger partial charge < -0.3 is 4.12 Å². The number of hydrogen-bond acceptors (Lipinski definition) is 1. The molecular weight excluding hydrogens is 264 g/mol. The standard InChI is InChI=1S/C16H34OSi2/c1-7-8-9-10-15(5)19(17-18)16(6)12-14(4)11-13(2)3/h13-16H,7-12H2,1-6H3. The van der Waals surface area contributed by atoms with E-state index in [1.165, 1.54) is 38.5 Å². The molecular formula is C16H34OSi2. The molecule has 0 bridgehead atoms. The van der Waals surface area contributed by atoms with Crippen molar-refractivity contribution in [1.29, 1.82) is 0 Å². The fraction of sp³-hybridized carbons (Fsp3) is 1.00. The molecule has 0 aromatic carbocycles. The van der Waals surface area contributed by atoms with E-state index in [1.807, 2.05) is 0 Å². The first-order valence-electron chi connectivity index (χ1n) is 8.12. The van der Waals surface area contributed by atoms with Gasteiger partial charge in [0.15, 0.2) is 0 Å². The van der Waals surface area contributed by atoms with Crippen LogP contribution in [0, 0.1) is 11.8 Å². The van der Waals surface area contributed by atoms with Crippen molar-refractivity contribution < 1.29 is 4.12 Å². The molecule has 3 heteroatoms. The van der Waals surface area contributed by atoms with E-state index >= 15 is 0 Å². The monoisotopic (exact) mass is 298 g/mol. The lowest BCUT2D eigenvalue weighted by molar-refractivity contribution is 0.399. The third-order valence-electron chi connectivity index (χ3n) is 3.96. The zero-order chi connectivity index (χ0) is 14.8. The Morgan fingerprint density at radius 1 is 0.947 bits per heavy atom. The van der Waals surface area contributed by atoms with Crippen LogP contribution in [0.15, 0.2) is 0 Å². The summed E-state index contributed by atoms with van der Waals surface area (Å²) in [5.74, 6) is 1.63. The van der Waals surface area contributed by atoms with Crippen molar-refractivity contribution in [3.8, 4) is 0 Å². The number of hydrogen-bond donors (Lipinski definition) is 0. The van der Waals surface area contributed by atoms with Crippen LogP contribution in [0.25, 0.3) is 0 Å². The summed E-state index contributed by atoms with van der Waals surface area (Å²) in [5.41, 5.74) is 1.48. The first-order chi connectivity index (χ1) is 8.92. The molecule has 0 saturated heterocycles. The molecule has 0 spiro atoms. The maximum absolute atomic E-state index is 5.72. The van der Waals surface area contributed by atoms with E-state index in [9.17, 15) is 0 Å². The first-order valence-corrected chi connectivity index (χ1v) is 10.1. The zero-order valence-corrected chi connectivity index (χ0v) is 16.0. The molecule has 0 N–H and O–H groups in total. The van der Waals surface area contributed by atoms with Crippen molar-refractivity contribution in [1.82, 2.24) is 0 Å². The predicted molar refractivity (Wildman–Crippen MR) is 88.8 cm³/mol. The molecule has 0 aliphatic rings. The van der Waals surface area contributed by atoms with Gasteiger partial charge in [0, 0.05) is 0 Å². The molecule has 112 valence electrons. The average molecular weight is 299 g/mol. The SMILES string of the molecule is CCCCCC(C)[Si](O[Si])C(C)CC(C)CC(C)C. The van der Waals surface area contributed by atoms with Crippen LogP contribution >= 0.6 is 0 Å². The van der Waals surface area contributed by atoms with Crippen molar-refractivity contribution in [3.63, 3.8) is 0 Å². The van der Waals surface area contributed by atoms with Crippen molar-refractivity contribution in [2.24, 2.45) is 11.8 Å². The summed E-state index contributed by atoms with van der Waals surface area (Å²) in [4.78, 5) is 0. The molecule has 0 fully saturated rings. The van der Waals surface area contributed by atoms with Gasteiger partial charge in [0.05, 0.1) is 0 Å². The molecule has 0 aliphatic carbocycles. The fourth-order valence-electron chi connectivity index (χ4n) is 3.15. The van der Waals surface area contributed by atoms with Crippen LogP contribution in [0.2, 0.25) is 11.1 Å². The van der Waals surface area contributed by atoms with E-state index in [1.54, 1.807) is 0 Å². The third-order valence-corrected chi connectivity index (χ3v) is 7.37. The van der Waals surface area contributed by atoms with E-state index in [2.05, 4.69) is 52.0 Å². The highest BCUT2D eigenvalue weighted by Gasteiger charge is 2.27. The molecule has 0 aliphatic heterocycles. The minimum Gasteiger partial charge on any atom is -0.457 e. The molecule has 3 atom stereocenters. The van der Waals surface area contributed by atoms with Crippen LogP contribution < -0.4 is 0 Å². The van der Waals surface area contributed by atoms with Gasteiger partial charge in [-0.25, -0.2) is 0 Å². The van der Waals surface area contributed by atoms with Gasteiger partial charge in [0.1, 0.15) is 0 Å². The summed E-state index contributed by atoms with van der Waals surface area (Å²) in [5, 5.41) is 0. The Labute approximate surface area is 127 Å². The minimum atomic E-state index is -0.737. The van der Waals surface area contributed by atoms with Gasteiger partial charge in [-0.1, -0.05) is 67.2 Å². The minimum absolute atomic E-state index is 0.730. The van der Waals surface area contributed by atoms with Gasteiger partial charge in [0.25, 0.3) is 0 Å². The molecule has 0 aromatic rings. The molecule has 1 nitrogen and oxygen atoms in total. The highest BCUT2D eigenvalue weighted by Crippen LogP contribution is 2.32. The smallest absolute Gasteiger partial charge is 0.229 e. The first kappa shape index (κ1) is 19.4. The van der Waals surface area contributed by atoms with E-state index in [-0.39, 0.29) is 0 Å². The van der Waals surface area contributed by atoms with E-state index < -0.39 is 9.04 Å². The zero-order valence-electron chi connectivity index (χ0n) is 14.0. The van der Waals surface area contributed by atoms with Gasteiger partial charge in [-0.3, -0.25) is 0 Å². The van der Waals surface area contributed by atoms with Gasteiger partial charge in [-0.2, -0.15) is 0 Å². The normalized spacial score (nSPS) is 16.9. The molecule has 4 radical (unpaired) electrons. The topological polar surface area (TPSA) is 9.23 Å². The summed E-state index contributed by atoms with van der Waals surface area (Å²) in [6, 6.07) is 0. The molecule has 19 heavy (non-hydrogen) atoms. The van der Waals surface area contributed by atoms with Crippen molar-refractivity contribution in [2.45, 2.75) is 91.1 Å². The molecule has 3 unspecified atom stereocenters. The van der Waals surface area contributed by atoms with Crippen molar-refractivity contribution in [2.75, 3.05) is 0 Å². The summed E-state index contributed by atoms with van der Waals surface area (Å²) in [7, 11) is 2.63. The Morgan fingerprint density at radius 3 is 2.05 bits per heavy atom. The van der Waals surface area contributed by atoms with Gasteiger partial charge >= 0.3 is 0 Å². The summed E-state index contributed by atoms with van der Waals surface area (Å²) < 4.78 is 5.72. The quantitative estimate of drug-likeness (QED) is 0.361. The number of unbranched alkanes of at least 4 members (excludes halogenated alkanes) is 2. The van der Waals surface area contributed by atoms with Crippen LogP contribution in [0.4, 0.5) is 0 Å². The number of rotatable bonds is 11. The Bertz CT molecular complexity index is 209. The second-order valence-electron chi connectivity index (χ2n) is 6.77. The largest absolute Gasteiger partial charge is 0.457 e. The van der Waals surface area contributed by atoms with Crippen molar-refractivity contribution >= 4 is 19.5 Å². The Balaban J connectivity index is 4.17. The molecule has 0 aromatic heterocycles. The predicted octanol–water partition coefficient (Wildman–Crippen LogP) is 5.51. The lowest BCUT2D eigenvalue weighted by atomic mass is 9.95. The second-order valence-corrected chi connectivity index (χ2v) is 10.4. The van der Waals surface area contributed by atoms with Crippen LogP contribution in [0.1, 0.15) is 80.1 Å². The molecule has 0 rings (SSSR count). The van der Waals surface area contributed by atoms with Crippen LogP contribution in [-0.4, -0.2) is 19.5 Å². The maximum atomic E-state index is 5.72. The highest BCUT2D eigenvalue weighted by molar-refractivity contribution is 6.58. The van der Waals surface area contributed by atoms with Gasteiger partial charge in [0.2, 0.25) is 19.5 Å². The van der Waals surface area contributed by atoms with Gasteiger partial charge in [-0.05, 0) is 35.8 Å². The highest BCUT2D eigenvalue weighted by atomic mass is 28.3. The Kier molecular flexibility index (Phi) is 11.3. The average Bonchev–Trinajstić information content (AvgIpc) is 2.28. The van der Waals surface area contributed by atoms with E-state index in [0.717, 1.165) is 22.9 Å². The lowest BCUT2D eigenvalue weighted by Gasteiger charge is -2.28. The summed E-state index contributed by atoms with van der Waals surface area (Å²) in [6.07, 6.45) is 8.01. The Hall–Kier alpha value is 0.394. The third kappa shape index (κ3) is 9.03. The molecule has 0 heterocycles. The van der Waals surface area contributed by atoms with Crippen LogP contribution in [-0.2, 0) is 4.12 Å². The lowest BCUT2D eigenvalue weighted by Crippen LogP contribution is -2.28. The Morgan fingerprint density at radius 2 is 1.58 bits per heavy atom. The molecule has 0 saturated carbocycles. The summed E-state index contributed by atoms with van der Waals surface area (Å²) in [6.45, 7) is 14.1. The fourth-order valence-corrected chi connectivity index (χ4v) is 6.85.